The van der Waals surface area contributed by atoms with Gasteiger partial charge in [0.05, 0.1) is 22.2 Å². The van der Waals surface area contributed by atoms with Crippen LogP contribution in [-0.2, 0) is 15.6 Å². The van der Waals surface area contributed by atoms with Gasteiger partial charge in [0, 0.05) is 12.0 Å². The van der Waals surface area contributed by atoms with Gasteiger partial charge >= 0.3 is 0 Å². The number of hydrogen-bond donors (Lipinski definition) is 1. The summed E-state index contributed by atoms with van der Waals surface area (Å²) in [6, 6.07) is 0. The van der Waals surface area contributed by atoms with E-state index in [0.29, 0.717) is 17.0 Å². The number of rotatable bonds is 5. The molecule has 1 aromatic heterocycles. The SMILES string of the molecule is Cc1noc(C)c1CS(=O)(=O)CCC(N)=S. The number of aromatic nitrogens is 1. The minimum absolute atomic E-state index is 0.0353. The number of hydrogen-bond acceptors (Lipinski definition) is 5. The first-order valence-corrected chi connectivity index (χ1v) is 6.95. The number of sulfone groups is 1. The lowest BCUT2D eigenvalue weighted by molar-refractivity contribution is 0.392. The largest absolute Gasteiger partial charge is 0.393 e. The molecule has 16 heavy (non-hydrogen) atoms. The number of thiocarbonyl (C=S) groups is 1. The Morgan fingerprint density at radius 3 is 2.56 bits per heavy atom. The van der Waals surface area contributed by atoms with E-state index in [2.05, 4.69) is 17.4 Å². The maximum absolute atomic E-state index is 11.7. The molecule has 0 radical (unpaired) electrons. The van der Waals surface area contributed by atoms with Crippen LogP contribution in [0.5, 0.6) is 0 Å². The van der Waals surface area contributed by atoms with Crippen molar-refractivity contribution < 1.29 is 12.9 Å². The van der Waals surface area contributed by atoms with E-state index in [4.69, 9.17) is 10.3 Å². The van der Waals surface area contributed by atoms with Crippen molar-refractivity contribution in [3.8, 4) is 0 Å². The van der Waals surface area contributed by atoms with Gasteiger partial charge in [-0.2, -0.15) is 0 Å². The molecule has 0 bridgehead atoms. The quantitative estimate of drug-likeness (QED) is 0.793. The molecule has 0 unspecified atom stereocenters. The van der Waals surface area contributed by atoms with Crippen molar-refractivity contribution in [1.82, 2.24) is 5.16 Å². The molecule has 0 atom stereocenters. The first-order chi connectivity index (χ1) is 7.32. The molecular formula is C9H14N2O3S2. The fraction of sp³-hybridized carbons (Fsp3) is 0.556. The predicted octanol–water partition coefficient (Wildman–Crippen LogP) is 0.882. The monoisotopic (exact) mass is 262 g/mol. The topological polar surface area (TPSA) is 86.2 Å². The molecule has 0 amide bonds. The Kier molecular flexibility index (Phi) is 4.03. The normalized spacial score (nSPS) is 11.6. The van der Waals surface area contributed by atoms with E-state index in [-0.39, 0.29) is 22.9 Å². The Labute approximate surface area is 99.9 Å². The van der Waals surface area contributed by atoms with Crippen LogP contribution in [0.2, 0.25) is 0 Å². The summed E-state index contributed by atoms with van der Waals surface area (Å²) in [5.41, 5.74) is 6.50. The van der Waals surface area contributed by atoms with Gasteiger partial charge in [0.15, 0.2) is 9.84 Å². The maximum atomic E-state index is 11.7. The Morgan fingerprint density at radius 2 is 2.12 bits per heavy atom. The average molecular weight is 262 g/mol. The Morgan fingerprint density at radius 1 is 1.50 bits per heavy atom. The molecular weight excluding hydrogens is 248 g/mol. The second-order valence-corrected chi connectivity index (χ2v) is 6.32. The van der Waals surface area contributed by atoms with Crippen LogP contribution in [0.25, 0.3) is 0 Å². The van der Waals surface area contributed by atoms with E-state index in [1.807, 2.05) is 0 Å². The fourth-order valence-electron chi connectivity index (χ4n) is 1.26. The van der Waals surface area contributed by atoms with Crippen molar-refractivity contribution in [3.05, 3.63) is 17.0 Å². The first kappa shape index (κ1) is 13.1. The molecule has 0 aliphatic carbocycles. The zero-order chi connectivity index (χ0) is 12.3. The highest BCUT2D eigenvalue weighted by Gasteiger charge is 2.18. The summed E-state index contributed by atoms with van der Waals surface area (Å²) in [4.78, 5) is 0.210. The van der Waals surface area contributed by atoms with Crippen LogP contribution in [0.15, 0.2) is 4.52 Å². The van der Waals surface area contributed by atoms with Crippen LogP contribution in [0, 0.1) is 13.8 Å². The van der Waals surface area contributed by atoms with E-state index in [1.165, 1.54) is 0 Å². The van der Waals surface area contributed by atoms with Gasteiger partial charge in [-0.25, -0.2) is 8.42 Å². The van der Waals surface area contributed by atoms with E-state index in [9.17, 15) is 8.42 Å². The molecule has 5 nitrogen and oxygen atoms in total. The smallest absolute Gasteiger partial charge is 0.155 e. The highest BCUT2D eigenvalue weighted by molar-refractivity contribution is 7.90. The van der Waals surface area contributed by atoms with Crippen molar-refractivity contribution in [3.63, 3.8) is 0 Å². The molecule has 0 fully saturated rings. The molecule has 0 saturated carbocycles. The lowest BCUT2D eigenvalue weighted by Crippen LogP contribution is -2.17. The van der Waals surface area contributed by atoms with Crippen molar-refractivity contribution in [2.24, 2.45) is 5.73 Å². The van der Waals surface area contributed by atoms with Crippen LogP contribution < -0.4 is 5.73 Å². The summed E-state index contributed by atoms with van der Waals surface area (Å²) in [6.45, 7) is 3.41. The van der Waals surface area contributed by atoms with E-state index in [1.54, 1.807) is 13.8 Å². The zero-order valence-corrected chi connectivity index (χ0v) is 10.8. The van der Waals surface area contributed by atoms with Crippen LogP contribution in [-0.4, -0.2) is 24.3 Å². The summed E-state index contributed by atoms with van der Waals surface area (Å²) < 4.78 is 28.3. The van der Waals surface area contributed by atoms with Crippen LogP contribution >= 0.6 is 12.2 Å². The van der Waals surface area contributed by atoms with Gasteiger partial charge in [0.25, 0.3) is 0 Å². The first-order valence-electron chi connectivity index (χ1n) is 4.72. The number of nitrogens with zero attached hydrogens (tertiary/aromatic N) is 1. The van der Waals surface area contributed by atoms with E-state index >= 15 is 0 Å². The van der Waals surface area contributed by atoms with Crippen LogP contribution in [0.3, 0.4) is 0 Å². The van der Waals surface area contributed by atoms with Crippen molar-refractivity contribution in [1.29, 1.82) is 0 Å². The zero-order valence-electron chi connectivity index (χ0n) is 9.19. The van der Waals surface area contributed by atoms with Crippen LogP contribution in [0.1, 0.15) is 23.4 Å². The van der Waals surface area contributed by atoms with Gasteiger partial charge in [-0.1, -0.05) is 17.4 Å². The van der Waals surface area contributed by atoms with Crippen molar-refractivity contribution in [2.45, 2.75) is 26.0 Å². The molecule has 0 aliphatic rings. The van der Waals surface area contributed by atoms with Gasteiger partial charge in [0.2, 0.25) is 0 Å². The lowest BCUT2D eigenvalue weighted by Gasteiger charge is -2.03. The molecule has 0 saturated heterocycles. The number of nitrogens with two attached hydrogens (primary N) is 1. The summed E-state index contributed by atoms with van der Waals surface area (Å²) in [5.74, 6) is 0.430. The van der Waals surface area contributed by atoms with Gasteiger partial charge < -0.3 is 10.3 Å². The lowest BCUT2D eigenvalue weighted by atomic mass is 10.2. The third kappa shape index (κ3) is 3.57. The minimum atomic E-state index is -3.21. The molecule has 7 heteroatoms. The number of aryl methyl sites for hydroxylation is 2. The summed E-state index contributed by atoms with van der Waals surface area (Å²) in [7, 11) is -3.21. The van der Waals surface area contributed by atoms with Crippen molar-refractivity contribution in [2.75, 3.05) is 5.75 Å². The van der Waals surface area contributed by atoms with E-state index < -0.39 is 9.84 Å². The molecule has 1 rings (SSSR count). The third-order valence-corrected chi connectivity index (χ3v) is 3.96. The second-order valence-electron chi connectivity index (χ2n) is 3.61. The molecule has 0 aromatic carbocycles. The Balaban J connectivity index is 2.77. The Hall–Kier alpha value is -0.950. The Bertz CT molecular complexity index is 471. The van der Waals surface area contributed by atoms with Crippen molar-refractivity contribution >= 4 is 27.0 Å². The third-order valence-electron chi connectivity index (χ3n) is 2.20. The second kappa shape index (κ2) is 4.92. The highest BCUT2D eigenvalue weighted by atomic mass is 32.2. The molecule has 0 aliphatic heterocycles. The molecule has 90 valence electrons. The maximum Gasteiger partial charge on any atom is 0.155 e. The standard InChI is InChI=1S/C9H14N2O3S2/c1-6-8(7(2)14-11-6)5-16(12,13)4-3-9(10)15/h3-5H2,1-2H3,(H2,10,15). The molecule has 1 aromatic rings. The van der Waals surface area contributed by atoms with Crippen LogP contribution in [0.4, 0.5) is 0 Å². The molecule has 2 N–H and O–H groups in total. The highest BCUT2D eigenvalue weighted by Crippen LogP contribution is 2.16. The molecule has 1 heterocycles. The fourth-order valence-corrected chi connectivity index (χ4v) is 3.01. The predicted molar refractivity (Wildman–Crippen MR) is 64.9 cm³/mol. The summed E-state index contributed by atoms with van der Waals surface area (Å²) in [6.07, 6.45) is 0.209. The van der Waals surface area contributed by atoms with Gasteiger partial charge in [-0.3, -0.25) is 0 Å². The van der Waals surface area contributed by atoms with Gasteiger partial charge in [0.1, 0.15) is 5.76 Å². The van der Waals surface area contributed by atoms with Gasteiger partial charge in [-0.15, -0.1) is 0 Å². The summed E-state index contributed by atoms with van der Waals surface area (Å²) in [5, 5.41) is 3.71. The van der Waals surface area contributed by atoms with Gasteiger partial charge in [-0.05, 0) is 13.8 Å². The van der Waals surface area contributed by atoms with E-state index in [0.717, 1.165) is 0 Å². The minimum Gasteiger partial charge on any atom is -0.393 e. The summed E-state index contributed by atoms with van der Waals surface area (Å²) >= 11 is 4.65. The average Bonchev–Trinajstić information content (AvgIpc) is 2.46. The molecule has 0 spiro atoms.